The van der Waals surface area contributed by atoms with Gasteiger partial charge in [-0.1, -0.05) is 37.3 Å². The van der Waals surface area contributed by atoms with Gasteiger partial charge >= 0.3 is 0 Å². The number of hydrogen-bond acceptors (Lipinski definition) is 3. The molecule has 0 aliphatic carbocycles. The lowest BCUT2D eigenvalue weighted by Crippen LogP contribution is -2.31. The fourth-order valence-corrected chi connectivity index (χ4v) is 3.31. The fraction of sp³-hybridized carbons (Fsp3) is 0.625. The molecule has 4 nitrogen and oxygen atoms in total. The zero-order valence-corrected chi connectivity index (χ0v) is 14.0. The molecule has 0 aromatic heterocycles. The van der Waals surface area contributed by atoms with E-state index in [1.807, 2.05) is 30.3 Å². The smallest absolute Gasteiger partial charge is 0.213 e. The van der Waals surface area contributed by atoms with Crippen molar-refractivity contribution in [3.63, 3.8) is 0 Å². The third-order valence-electron chi connectivity index (χ3n) is 3.47. The van der Waals surface area contributed by atoms with E-state index in [1.54, 1.807) is 7.05 Å². The van der Waals surface area contributed by atoms with Gasteiger partial charge in [-0.2, -0.15) is 0 Å². The van der Waals surface area contributed by atoms with Crippen molar-refractivity contribution in [2.24, 2.45) is 0 Å². The van der Waals surface area contributed by atoms with Crippen molar-refractivity contribution in [2.45, 2.75) is 32.6 Å². The zero-order valence-electron chi connectivity index (χ0n) is 13.2. The van der Waals surface area contributed by atoms with Gasteiger partial charge in [0.25, 0.3) is 0 Å². The summed E-state index contributed by atoms with van der Waals surface area (Å²) in [4.78, 5) is 0. The first-order chi connectivity index (χ1) is 10.1. The molecule has 1 rings (SSSR count). The Hall–Kier alpha value is -0.910. The van der Waals surface area contributed by atoms with Crippen molar-refractivity contribution >= 4 is 10.0 Å². The highest BCUT2D eigenvalue weighted by atomic mass is 32.2. The molecule has 0 atom stereocenters. The van der Waals surface area contributed by atoms with Gasteiger partial charge in [0, 0.05) is 13.6 Å². The predicted octanol–water partition coefficient (Wildman–Crippen LogP) is 2.27. The van der Waals surface area contributed by atoms with Crippen LogP contribution in [-0.2, 0) is 16.4 Å². The minimum Gasteiger partial charge on any atom is -0.317 e. The summed E-state index contributed by atoms with van der Waals surface area (Å²) in [6, 6.07) is 9.98. The van der Waals surface area contributed by atoms with Crippen molar-refractivity contribution in [3.8, 4) is 0 Å². The van der Waals surface area contributed by atoms with Crippen LogP contribution in [0.1, 0.15) is 31.7 Å². The SMILES string of the molecule is CCCNCCCCS(=O)(=O)N(C)CCc1ccccc1. The minimum atomic E-state index is -3.12. The van der Waals surface area contributed by atoms with E-state index in [4.69, 9.17) is 0 Å². The first-order valence-corrected chi connectivity index (χ1v) is 9.36. The Morgan fingerprint density at radius 1 is 1.10 bits per heavy atom. The first kappa shape index (κ1) is 18.1. The molecule has 0 fully saturated rings. The normalized spacial score (nSPS) is 12.0. The van der Waals surface area contributed by atoms with Gasteiger partial charge in [0.05, 0.1) is 5.75 Å². The number of nitrogens with zero attached hydrogens (tertiary/aromatic N) is 1. The van der Waals surface area contributed by atoms with Gasteiger partial charge in [0.15, 0.2) is 0 Å². The summed E-state index contributed by atoms with van der Waals surface area (Å²) in [5.74, 6) is 0.242. The Labute approximate surface area is 129 Å². The van der Waals surface area contributed by atoms with Gasteiger partial charge in [0.1, 0.15) is 0 Å². The van der Waals surface area contributed by atoms with E-state index in [9.17, 15) is 8.42 Å². The lowest BCUT2D eigenvalue weighted by Gasteiger charge is -2.17. The Kier molecular flexibility index (Phi) is 8.57. The van der Waals surface area contributed by atoms with Crippen LogP contribution in [0.2, 0.25) is 0 Å². The third-order valence-corrected chi connectivity index (χ3v) is 5.40. The number of rotatable bonds is 11. The highest BCUT2D eigenvalue weighted by Gasteiger charge is 2.16. The molecular formula is C16H28N2O2S. The second-order valence-corrected chi connectivity index (χ2v) is 7.53. The van der Waals surface area contributed by atoms with Crippen molar-refractivity contribution in [2.75, 3.05) is 32.4 Å². The Balaban J connectivity index is 2.26. The van der Waals surface area contributed by atoms with Gasteiger partial charge in [-0.25, -0.2) is 12.7 Å². The van der Waals surface area contributed by atoms with Crippen LogP contribution in [0.4, 0.5) is 0 Å². The largest absolute Gasteiger partial charge is 0.317 e. The van der Waals surface area contributed by atoms with Crippen molar-refractivity contribution in [1.82, 2.24) is 9.62 Å². The van der Waals surface area contributed by atoms with Crippen molar-refractivity contribution < 1.29 is 8.42 Å². The average Bonchev–Trinajstić information content (AvgIpc) is 2.49. The summed E-state index contributed by atoms with van der Waals surface area (Å²) in [6.45, 7) is 4.57. The molecule has 0 aliphatic heterocycles. The van der Waals surface area contributed by atoms with Gasteiger partial charge in [-0.05, 0) is 44.3 Å². The number of unbranched alkanes of at least 4 members (excludes halogenated alkanes) is 1. The molecule has 0 aliphatic rings. The van der Waals surface area contributed by atoms with Crippen molar-refractivity contribution in [3.05, 3.63) is 35.9 Å². The molecule has 0 amide bonds. The van der Waals surface area contributed by atoms with Crippen molar-refractivity contribution in [1.29, 1.82) is 0 Å². The maximum atomic E-state index is 12.1. The molecule has 120 valence electrons. The second-order valence-electron chi connectivity index (χ2n) is 5.33. The van der Waals surface area contributed by atoms with Crippen LogP contribution >= 0.6 is 0 Å². The maximum Gasteiger partial charge on any atom is 0.213 e. The van der Waals surface area contributed by atoms with E-state index in [2.05, 4.69) is 12.2 Å². The summed E-state index contributed by atoms with van der Waals surface area (Å²) < 4.78 is 25.8. The molecule has 0 saturated carbocycles. The predicted molar refractivity (Wildman–Crippen MR) is 89.0 cm³/mol. The van der Waals surface area contributed by atoms with Crippen LogP contribution < -0.4 is 5.32 Å². The van der Waals surface area contributed by atoms with E-state index in [0.717, 1.165) is 32.4 Å². The van der Waals surface area contributed by atoms with Crippen LogP contribution in [0.5, 0.6) is 0 Å². The van der Waals surface area contributed by atoms with Gasteiger partial charge in [-0.3, -0.25) is 0 Å². The van der Waals surface area contributed by atoms with Crippen LogP contribution in [0.3, 0.4) is 0 Å². The Morgan fingerprint density at radius 2 is 1.81 bits per heavy atom. The number of benzene rings is 1. The summed E-state index contributed by atoms with van der Waals surface area (Å²) in [7, 11) is -1.44. The van der Waals surface area contributed by atoms with Crippen LogP contribution in [-0.4, -0.2) is 45.2 Å². The first-order valence-electron chi connectivity index (χ1n) is 7.75. The highest BCUT2D eigenvalue weighted by molar-refractivity contribution is 7.89. The van der Waals surface area contributed by atoms with Crippen LogP contribution in [0.25, 0.3) is 0 Å². The lowest BCUT2D eigenvalue weighted by molar-refractivity contribution is 0.470. The Morgan fingerprint density at radius 3 is 2.48 bits per heavy atom. The van der Waals surface area contributed by atoms with E-state index >= 15 is 0 Å². The fourth-order valence-electron chi connectivity index (χ4n) is 2.06. The molecule has 1 aromatic carbocycles. The van der Waals surface area contributed by atoms with E-state index < -0.39 is 10.0 Å². The van der Waals surface area contributed by atoms with E-state index in [1.165, 1.54) is 9.87 Å². The molecule has 1 N–H and O–H groups in total. The summed E-state index contributed by atoms with van der Waals surface area (Å²) in [5.41, 5.74) is 1.17. The minimum absolute atomic E-state index is 0.242. The van der Waals surface area contributed by atoms with Crippen LogP contribution in [0.15, 0.2) is 30.3 Å². The van der Waals surface area contributed by atoms with Crippen LogP contribution in [0, 0.1) is 0 Å². The highest BCUT2D eigenvalue weighted by Crippen LogP contribution is 2.06. The number of likely N-dealkylation sites (N-methyl/N-ethyl adjacent to an activating group) is 1. The quantitative estimate of drug-likeness (QED) is 0.638. The zero-order chi connectivity index (χ0) is 15.6. The summed E-state index contributed by atoms with van der Waals surface area (Å²) in [5, 5.41) is 3.29. The molecule has 0 unspecified atom stereocenters. The molecule has 0 saturated heterocycles. The summed E-state index contributed by atoms with van der Waals surface area (Å²) >= 11 is 0. The molecule has 5 heteroatoms. The number of nitrogens with one attached hydrogen (secondary N) is 1. The van der Waals surface area contributed by atoms with E-state index in [-0.39, 0.29) is 5.75 Å². The standard InChI is InChI=1S/C16H28N2O2S/c1-3-12-17-13-7-8-15-21(19,20)18(2)14-11-16-9-5-4-6-10-16/h4-6,9-10,17H,3,7-8,11-15H2,1-2H3. The molecule has 0 spiro atoms. The molecule has 1 aromatic rings. The van der Waals surface area contributed by atoms with E-state index in [0.29, 0.717) is 13.0 Å². The van der Waals surface area contributed by atoms with Gasteiger partial charge < -0.3 is 5.32 Å². The van der Waals surface area contributed by atoms with Gasteiger partial charge in [-0.15, -0.1) is 0 Å². The number of sulfonamides is 1. The lowest BCUT2D eigenvalue weighted by atomic mass is 10.2. The Bertz CT molecular complexity index is 474. The molecule has 0 bridgehead atoms. The second kappa shape index (κ2) is 9.92. The maximum absolute atomic E-state index is 12.1. The van der Waals surface area contributed by atoms with Gasteiger partial charge in [0.2, 0.25) is 10.0 Å². The molecule has 0 heterocycles. The average molecular weight is 312 g/mol. The summed E-state index contributed by atoms with van der Waals surface area (Å²) in [6.07, 6.45) is 3.50. The third kappa shape index (κ3) is 7.60. The molecular weight excluding hydrogens is 284 g/mol. The topological polar surface area (TPSA) is 49.4 Å². The molecule has 21 heavy (non-hydrogen) atoms. The monoisotopic (exact) mass is 312 g/mol. The number of hydrogen-bond donors (Lipinski definition) is 1. The molecule has 0 radical (unpaired) electrons.